The summed E-state index contributed by atoms with van der Waals surface area (Å²) in [7, 11) is 1.27. The molecule has 132 valence electrons. The second-order valence-electron chi connectivity index (χ2n) is 5.42. The minimum atomic E-state index is -0.953. The van der Waals surface area contributed by atoms with Crippen LogP contribution in [0.5, 0.6) is 0 Å². The molecule has 1 heterocycles. The SMILES string of the molecule is COC(=O)C(NC(=O)c1cc(-c2ccccc2)no1)c1ccc(Br)cc1. The Morgan fingerprint density at radius 3 is 2.46 bits per heavy atom. The molecule has 6 nitrogen and oxygen atoms in total. The maximum Gasteiger partial charge on any atom is 0.333 e. The molecule has 1 aromatic heterocycles. The van der Waals surface area contributed by atoms with Gasteiger partial charge in [-0.1, -0.05) is 63.6 Å². The third kappa shape index (κ3) is 4.00. The van der Waals surface area contributed by atoms with Gasteiger partial charge in [-0.2, -0.15) is 0 Å². The fourth-order valence-electron chi connectivity index (χ4n) is 2.38. The number of esters is 1. The summed E-state index contributed by atoms with van der Waals surface area (Å²) in [5.74, 6) is -1.13. The highest BCUT2D eigenvalue weighted by molar-refractivity contribution is 9.10. The van der Waals surface area contributed by atoms with Gasteiger partial charge in [0.15, 0.2) is 6.04 Å². The van der Waals surface area contributed by atoms with Gasteiger partial charge in [-0.15, -0.1) is 0 Å². The van der Waals surface area contributed by atoms with Crippen LogP contribution in [0.25, 0.3) is 11.3 Å². The van der Waals surface area contributed by atoms with Crippen LogP contribution >= 0.6 is 15.9 Å². The Bertz CT molecular complexity index is 907. The normalized spacial score (nSPS) is 11.6. The molecule has 26 heavy (non-hydrogen) atoms. The fourth-order valence-corrected chi connectivity index (χ4v) is 2.65. The van der Waals surface area contributed by atoms with Crippen molar-refractivity contribution in [3.8, 4) is 11.3 Å². The molecule has 0 aliphatic heterocycles. The molecule has 1 atom stereocenters. The van der Waals surface area contributed by atoms with Crippen LogP contribution in [-0.4, -0.2) is 24.1 Å². The summed E-state index contributed by atoms with van der Waals surface area (Å²) >= 11 is 3.33. The first-order valence-electron chi connectivity index (χ1n) is 7.75. The summed E-state index contributed by atoms with van der Waals surface area (Å²) in [5, 5.41) is 6.53. The van der Waals surface area contributed by atoms with Crippen LogP contribution in [0.3, 0.4) is 0 Å². The molecular weight excluding hydrogens is 400 g/mol. The molecule has 0 radical (unpaired) electrons. The van der Waals surface area contributed by atoms with Gasteiger partial charge in [-0.3, -0.25) is 4.79 Å². The van der Waals surface area contributed by atoms with E-state index < -0.39 is 17.9 Å². The summed E-state index contributed by atoms with van der Waals surface area (Å²) < 4.78 is 10.8. The van der Waals surface area contributed by atoms with Gasteiger partial charge in [0.1, 0.15) is 5.69 Å². The molecule has 7 heteroatoms. The Morgan fingerprint density at radius 2 is 1.81 bits per heavy atom. The Hall–Kier alpha value is -2.93. The van der Waals surface area contributed by atoms with Crippen LogP contribution in [0, 0.1) is 0 Å². The van der Waals surface area contributed by atoms with E-state index in [0.29, 0.717) is 11.3 Å². The predicted molar refractivity (Wildman–Crippen MR) is 98.3 cm³/mol. The summed E-state index contributed by atoms with van der Waals surface area (Å²) in [6.45, 7) is 0. The molecule has 0 aliphatic rings. The van der Waals surface area contributed by atoms with Crippen molar-refractivity contribution in [2.24, 2.45) is 0 Å². The number of nitrogens with one attached hydrogen (secondary N) is 1. The van der Waals surface area contributed by atoms with E-state index in [2.05, 4.69) is 26.4 Å². The average Bonchev–Trinajstić information content (AvgIpc) is 3.17. The molecule has 0 aliphatic carbocycles. The molecule has 0 saturated heterocycles. The number of halogens is 1. The monoisotopic (exact) mass is 414 g/mol. The van der Waals surface area contributed by atoms with Crippen molar-refractivity contribution in [1.29, 1.82) is 0 Å². The van der Waals surface area contributed by atoms with Crippen molar-refractivity contribution in [3.63, 3.8) is 0 Å². The van der Waals surface area contributed by atoms with Crippen LogP contribution in [0.15, 0.2) is 69.7 Å². The maximum absolute atomic E-state index is 12.5. The molecule has 0 spiro atoms. The van der Waals surface area contributed by atoms with E-state index in [4.69, 9.17) is 9.26 Å². The number of benzene rings is 2. The first kappa shape index (κ1) is 17.9. The third-order valence-corrected chi connectivity index (χ3v) is 4.25. The summed E-state index contributed by atoms with van der Waals surface area (Å²) in [6.07, 6.45) is 0. The van der Waals surface area contributed by atoms with E-state index >= 15 is 0 Å². The number of amides is 1. The number of methoxy groups -OCH3 is 1. The first-order valence-corrected chi connectivity index (χ1v) is 8.54. The standard InChI is InChI=1S/C19H15BrN2O4/c1-25-19(24)17(13-7-9-14(20)10-8-13)21-18(23)16-11-15(22-26-16)12-5-3-2-4-6-12/h2-11,17H,1H3,(H,21,23). The van der Waals surface area contributed by atoms with Crippen molar-refractivity contribution in [2.45, 2.75) is 6.04 Å². The Balaban J connectivity index is 1.81. The van der Waals surface area contributed by atoms with E-state index in [1.165, 1.54) is 13.2 Å². The van der Waals surface area contributed by atoms with Crippen LogP contribution in [0.4, 0.5) is 0 Å². The lowest BCUT2D eigenvalue weighted by Gasteiger charge is -2.16. The minimum absolute atomic E-state index is 0.00914. The number of rotatable bonds is 5. The van der Waals surface area contributed by atoms with Crippen molar-refractivity contribution < 1.29 is 18.8 Å². The van der Waals surface area contributed by atoms with Gasteiger partial charge in [0, 0.05) is 16.1 Å². The molecule has 0 fully saturated rings. The number of hydrogen-bond acceptors (Lipinski definition) is 5. The van der Waals surface area contributed by atoms with Gasteiger partial charge in [0.2, 0.25) is 5.76 Å². The largest absolute Gasteiger partial charge is 0.467 e. The van der Waals surface area contributed by atoms with Crippen LogP contribution in [0.1, 0.15) is 22.2 Å². The molecule has 0 saturated carbocycles. The molecule has 2 aromatic carbocycles. The van der Waals surface area contributed by atoms with Crippen LogP contribution in [0.2, 0.25) is 0 Å². The number of hydrogen-bond donors (Lipinski definition) is 1. The summed E-state index contributed by atoms with van der Waals surface area (Å²) in [5.41, 5.74) is 1.96. The van der Waals surface area contributed by atoms with E-state index in [1.54, 1.807) is 24.3 Å². The van der Waals surface area contributed by atoms with Crippen molar-refractivity contribution in [1.82, 2.24) is 10.5 Å². The Kier molecular flexibility index (Phi) is 5.48. The molecule has 1 unspecified atom stereocenters. The molecular formula is C19H15BrN2O4. The van der Waals surface area contributed by atoms with Crippen molar-refractivity contribution in [3.05, 3.63) is 76.5 Å². The zero-order valence-electron chi connectivity index (χ0n) is 13.8. The molecule has 1 N–H and O–H groups in total. The fraction of sp³-hybridized carbons (Fsp3) is 0.105. The summed E-state index contributed by atoms with van der Waals surface area (Å²) in [6, 6.07) is 16.9. The predicted octanol–water partition coefficient (Wildman–Crippen LogP) is 3.75. The van der Waals surface area contributed by atoms with Gasteiger partial charge < -0.3 is 14.6 Å². The number of nitrogens with zero attached hydrogens (tertiary/aromatic N) is 1. The van der Waals surface area contributed by atoms with E-state index in [-0.39, 0.29) is 5.76 Å². The van der Waals surface area contributed by atoms with Gasteiger partial charge in [-0.05, 0) is 17.7 Å². The molecule has 3 aromatic rings. The molecule has 1 amide bonds. The van der Waals surface area contributed by atoms with E-state index in [0.717, 1.165) is 10.0 Å². The average molecular weight is 415 g/mol. The third-order valence-electron chi connectivity index (χ3n) is 3.72. The smallest absolute Gasteiger partial charge is 0.333 e. The van der Waals surface area contributed by atoms with E-state index in [9.17, 15) is 9.59 Å². The lowest BCUT2D eigenvalue weighted by atomic mass is 10.1. The maximum atomic E-state index is 12.5. The number of carbonyl (C=O) groups excluding carboxylic acids is 2. The van der Waals surface area contributed by atoms with Crippen molar-refractivity contribution >= 4 is 27.8 Å². The minimum Gasteiger partial charge on any atom is -0.467 e. The Labute approximate surface area is 158 Å². The second kappa shape index (κ2) is 7.97. The molecule has 3 rings (SSSR count). The van der Waals surface area contributed by atoms with Gasteiger partial charge in [0.05, 0.1) is 7.11 Å². The van der Waals surface area contributed by atoms with Gasteiger partial charge in [-0.25, -0.2) is 4.79 Å². The lowest BCUT2D eigenvalue weighted by Crippen LogP contribution is -2.34. The molecule has 0 bridgehead atoms. The number of aromatic nitrogens is 1. The van der Waals surface area contributed by atoms with E-state index in [1.807, 2.05) is 30.3 Å². The number of ether oxygens (including phenoxy) is 1. The quantitative estimate of drug-likeness (QED) is 0.642. The second-order valence-corrected chi connectivity index (χ2v) is 6.34. The zero-order chi connectivity index (χ0) is 18.5. The first-order chi connectivity index (χ1) is 12.6. The Morgan fingerprint density at radius 1 is 1.12 bits per heavy atom. The lowest BCUT2D eigenvalue weighted by molar-refractivity contribution is -0.143. The van der Waals surface area contributed by atoms with Crippen LogP contribution in [-0.2, 0) is 9.53 Å². The topological polar surface area (TPSA) is 81.4 Å². The highest BCUT2D eigenvalue weighted by atomic mass is 79.9. The van der Waals surface area contributed by atoms with Gasteiger partial charge >= 0.3 is 5.97 Å². The van der Waals surface area contributed by atoms with Crippen LogP contribution < -0.4 is 5.32 Å². The highest BCUT2D eigenvalue weighted by Crippen LogP contribution is 2.21. The number of carbonyl (C=O) groups is 2. The zero-order valence-corrected chi connectivity index (χ0v) is 15.4. The summed E-state index contributed by atoms with van der Waals surface area (Å²) in [4.78, 5) is 24.6. The van der Waals surface area contributed by atoms with Crippen molar-refractivity contribution in [2.75, 3.05) is 7.11 Å². The highest BCUT2D eigenvalue weighted by Gasteiger charge is 2.26. The van der Waals surface area contributed by atoms with Gasteiger partial charge in [0.25, 0.3) is 5.91 Å².